The van der Waals surface area contributed by atoms with Gasteiger partial charge in [0.25, 0.3) is 0 Å². The van der Waals surface area contributed by atoms with Gasteiger partial charge in [-0.3, -0.25) is 0 Å². The fourth-order valence-electron chi connectivity index (χ4n) is 2.00. The van der Waals surface area contributed by atoms with Gasteiger partial charge < -0.3 is 9.47 Å². The number of hydrogen-bond donors (Lipinski definition) is 0. The maximum absolute atomic E-state index is 12.0. The Hall–Kier alpha value is -2.67. The first kappa shape index (κ1) is 16.2. The van der Waals surface area contributed by atoms with Crippen molar-refractivity contribution in [2.24, 2.45) is 0 Å². The van der Waals surface area contributed by atoms with Gasteiger partial charge in [0.15, 0.2) is 0 Å². The number of carbonyl (C=O) groups excluding carboxylic acids is 1. The topological polar surface area (TPSA) is 66.2 Å². The number of halogens is 1. The highest BCUT2D eigenvalue weighted by atomic mass is 79.9. The molecule has 0 unspecified atom stereocenters. The van der Waals surface area contributed by atoms with E-state index in [4.69, 9.17) is 9.47 Å². The van der Waals surface area contributed by atoms with Crippen molar-refractivity contribution < 1.29 is 14.3 Å². The second kappa shape index (κ2) is 7.74. The summed E-state index contributed by atoms with van der Waals surface area (Å²) in [6.45, 7) is 0.476. The molecule has 3 aromatic rings. The van der Waals surface area contributed by atoms with Crippen molar-refractivity contribution in [1.82, 2.24) is 14.8 Å². The molecule has 0 bridgehead atoms. The van der Waals surface area contributed by atoms with E-state index in [-0.39, 0.29) is 12.6 Å². The summed E-state index contributed by atoms with van der Waals surface area (Å²) in [5, 5.41) is 4.03. The molecule has 0 N–H and O–H groups in total. The minimum Gasteiger partial charge on any atom is -0.490 e. The van der Waals surface area contributed by atoms with Crippen molar-refractivity contribution in [3.63, 3.8) is 0 Å². The van der Waals surface area contributed by atoms with E-state index in [0.717, 1.165) is 15.9 Å². The van der Waals surface area contributed by atoms with Crippen LogP contribution in [0.3, 0.4) is 0 Å². The molecular formula is C17H14BrN3O3. The molecule has 24 heavy (non-hydrogen) atoms. The first-order valence-electron chi connectivity index (χ1n) is 7.23. The highest BCUT2D eigenvalue weighted by Gasteiger charge is 2.07. The molecule has 0 aliphatic rings. The molecule has 0 radical (unpaired) electrons. The number of hydrogen-bond acceptors (Lipinski definition) is 5. The Morgan fingerprint density at radius 1 is 1.04 bits per heavy atom. The Morgan fingerprint density at radius 2 is 1.79 bits per heavy atom. The predicted octanol–water partition coefficient (Wildman–Crippen LogP) is 3.27. The van der Waals surface area contributed by atoms with Crippen LogP contribution in [-0.2, 0) is 4.74 Å². The van der Waals surface area contributed by atoms with Gasteiger partial charge in [-0.05, 0) is 48.5 Å². The van der Waals surface area contributed by atoms with Gasteiger partial charge in [-0.1, -0.05) is 15.9 Å². The molecule has 1 aromatic heterocycles. The fourth-order valence-corrected chi connectivity index (χ4v) is 2.26. The summed E-state index contributed by atoms with van der Waals surface area (Å²) in [5.41, 5.74) is 1.30. The van der Waals surface area contributed by atoms with Crippen molar-refractivity contribution in [2.45, 2.75) is 0 Å². The smallest absolute Gasteiger partial charge is 0.338 e. The standard InChI is InChI=1S/C17H14BrN3O3/c18-14-3-7-16(8-4-14)23-9-10-24-17(22)13-1-5-15(6-2-13)21-12-19-11-20-21/h1-8,11-12H,9-10H2. The minimum atomic E-state index is -0.389. The van der Waals surface area contributed by atoms with Gasteiger partial charge >= 0.3 is 5.97 Å². The molecule has 2 aromatic carbocycles. The van der Waals surface area contributed by atoms with Crippen molar-refractivity contribution in [1.29, 1.82) is 0 Å². The van der Waals surface area contributed by atoms with Crippen molar-refractivity contribution >= 4 is 21.9 Å². The molecular weight excluding hydrogens is 374 g/mol. The van der Waals surface area contributed by atoms with Gasteiger partial charge in [-0.25, -0.2) is 14.5 Å². The van der Waals surface area contributed by atoms with Crippen LogP contribution in [0.1, 0.15) is 10.4 Å². The van der Waals surface area contributed by atoms with Crippen LogP contribution in [0.4, 0.5) is 0 Å². The Kier molecular flexibility index (Phi) is 5.22. The van der Waals surface area contributed by atoms with E-state index < -0.39 is 0 Å². The average molecular weight is 388 g/mol. The molecule has 0 atom stereocenters. The normalized spacial score (nSPS) is 10.4. The van der Waals surface area contributed by atoms with Crippen molar-refractivity contribution in [3.8, 4) is 11.4 Å². The summed E-state index contributed by atoms with van der Waals surface area (Å²) in [6, 6.07) is 14.4. The largest absolute Gasteiger partial charge is 0.490 e. The third kappa shape index (κ3) is 4.20. The molecule has 0 aliphatic heterocycles. The molecule has 0 aliphatic carbocycles. The average Bonchev–Trinajstić information content (AvgIpc) is 3.15. The number of aromatic nitrogens is 3. The lowest BCUT2D eigenvalue weighted by Crippen LogP contribution is -2.12. The zero-order chi connectivity index (χ0) is 16.8. The van der Waals surface area contributed by atoms with Gasteiger partial charge in [0, 0.05) is 4.47 Å². The van der Waals surface area contributed by atoms with Crippen LogP contribution in [0.5, 0.6) is 5.75 Å². The summed E-state index contributed by atoms with van der Waals surface area (Å²) in [6.07, 6.45) is 3.04. The van der Waals surface area contributed by atoms with Gasteiger partial charge in [0.05, 0.1) is 11.3 Å². The third-order valence-corrected chi connectivity index (χ3v) is 3.71. The summed E-state index contributed by atoms with van der Waals surface area (Å²) < 4.78 is 13.3. The molecule has 6 nitrogen and oxygen atoms in total. The van der Waals surface area contributed by atoms with E-state index in [2.05, 4.69) is 26.0 Å². The van der Waals surface area contributed by atoms with E-state index in [1.54, 1.807) is 35.3 Å². The monoisotopic (exact) mass is 387 g/mol. The number of rotatable bonds is 6. The zero-order valence-electron chi connectivity index (χ0n) is 12.6. The zero-order valence-corrected chi connectivity index (χ0v) is 14.2. The molecule has 1 heterocycles. The van der Waals surface area contributed by atoms with Crippen LogP contribution in [0.15, 0.2) is 65.7 Å². The number of ether oxygens (including phenoxy) is 2. The number of esters is 1. The Balaban J connectivity index is 1.47. The van der Waals surface area contributed by atoms with Crippen LogP contribution >= 0.6 is 15.9 Å². The number of nitrogens with zero attached hydrogens (tertiary/aromatic N) is 3. The molecule has 122 valence electrons. The van der Waals surface area contributed by atoms with Crippen LogP contribution < -0.4 is 4.74 Å². The summed E-state index contributed by atoms with van der Waals surface area (Å²) in [7, 11) is 0. The maximum atomic E-state index is 12.0. The highest BCUT2D eigenvalue weighted by Crippen LogP contribution is 2.16. The molecule has 0 saturated carbocycles. The van der Waals surface area contributed by atoms with Crippen LogP contribution in [0.25, 0.3) is 5.69 Å². The van der Waals surface area contributed by atoms with Crippen molar-refractivity contribution in [3.05, 3.63) is 71.2 Å². The molecule has 0 amide bonds. The van der Waals surface area contributed by atoms with Gasteiger partial charge in [-0.2, -0.15) is 5.10 Å². The Morgan fingerprint density at radius 3 is 2.46 bits per heavy atom. The molecule has 0 spiro atoms. The van der Waals surface area contributed by atoms with E-state index >= 15 is 0 Å². The first-order valence-corrected chi connectivity index (χ1v) is 8.02. The molecule has 7 heteroatoms. The number of benzene rings is 2. The second-order valence-corrected chi connectivity index (χ2v) is 5.74. The van der Waals surface area contributed by atoms with Gasteiger partial charge in [0.2, 0.25) is 0 Å². The van der Waals surface area contributed by atoms with Crippen LogP contribution in [0.2, 0.25) is 0 Å². The maximum Gasteiger partial charge on any atom is 0.338 e. The fraction of sp³-hybridized carbons (Fsp3) is 0.118. The number of carbonyl (C=O) groups is 1. The second-order valence-electron chi connectivity index (χ2n) is 4.83. The molecule has 3 rings (SSSR count). The lowest BCUT2D eigenvalue weighted by atomic mass is 10.2. The summed E-state index contributed by atoms with van der Waals surface area (Å²) in [5.74, 6) is 0.339. The molecule has 0 saturated heterocycles. The first-order chi connectivity index (χ1) is 11.7. The van der Waals surface area contributed by atoms with Crippen molar-refractivity contribution in [2.75, 3.05) is 13.2 Å². The Bertz CT molecular complexity index is 787. The van der Waals surface area contributed by atoms with Gasteiger partial charge in [0.1, 0.15) is 31.6 Å². The van der Waals surface area contributed by atoms with E-state index in [1.165, 1.54) is 6.33 Å². The van der Waals surface area contributed by atoms with Gasteiger partial charge in [-0.15, -0.1) is 0 Å². The SMILES string of the molecule is O=C(OCCOc1ccc(Br)cc1)c1ccc(-n2cncn2)cc1. The van der Waals surface area contributed by atoms with E-state index in [1.807, 2.05) is 24.3 Å². The van der Waals surface area contributed by atoms with E-state index in [0.29, 0.717) is 12.2 Å². The predicted molar refractivity (Wildman–Crippen MR) is 91.3 cm³/mol. The highest BCUT2D eigenvalue weighted by molar-refractivity contribution is 9.10. The summed E-state index contributed by atoms with van der Waals surface area (Å²) in [4.78, 5) is 15.9. The van der Waals surface area contributed by atoms with Crippen LogP contribution in [0, 0.1) is 0 Å². The quantitative estimate of drug-likeness (QED) is 0.479. The minimum absolute atomic E-state index is 0.180. The Labute approximate surface area is 147 Å². The molecule has 0 fully saturated rings. The lowest BCUT2D eigenvalue weighted by molar-refractivity contribution is 0.0450. The van der Waals surface area contributed by atoms with Crippen LogP contribution in [-0.4, -0.2) is 33.9 Å². The lowest BCUT2D eigenvalue weighted by Gasteiger charge is -2.08. The van der Waals surface area contributed by atoms with E-state index in [9.17, 15) is 4.79 Å². The summed E-state index contributed by atoms with van der Waals surface area (Å²) >= 11 is 3.36. The third-order valence-electron chi connectivity index (χ3n) is 3.19.